The molecule has 0 spiro atoms. The second-order valence-corrected chi connectivity index (χ2v) is 9.23. The molecule has 2 heterocycles. The van der Waals surface area contributed by atoms with Crippen LogP contribution in [0.3, 0.4) is 0 Å². The molecule has 0 aliphatic carbocycles. The lowest BCUT2D eigenvalue weighted by molar-refractivity contribution is 0.0511. The maximum atomic E-state index is 15.3. The molecule has 1 fully saturated rings. The first kappa shape index (κ1) is 19.3. The summed E-state index contributed by atoms with van der Waals surface area (Å²) in [5, 5.41) is 3.98. The lowest BCUT2D eigenvalue weighted by Crippen LogP contribution is -2.43. The minimum atomic E-state index is -3.77. The average Bonchev–Trinajstić information content (AvgIpc) is 3.04. The van der Waals surface area contributed by atoms with Gasteiger partial charge < -0.3 is 4.52 Å². The molecule has 9 heteroatoms. The molecule has 26 heavy (non-hydrogen) atoms. The van der Waals surface area contributed by atoms with E-state index in [1.54, 1.807) is 12.1 Å². The van der Waals surface area contributed by atoms with Crippen molar-refractivity contribution in [3.8, 4) is 0 Å². The fourth-order valence-corrected chi connectivity index (χ4v) is 4.91. The van der Waals surface area contributed by atoms with E-state index in [2.05, 4.69) is 10.1 Å². The van der Waals surface area contributed by atoms with Gasteiger partial charge in [-0.05, 0) is 18.1 Å². The first-order valence-electron chi connectivity index (χ1n) is 8.49. The SMILES string of the molecule is CC(C)Cc1noc(C2(F)CCN(S(=O)(=O)c3ccccc3Cl)CC2)n1. The number of hydrogen-bond donors (Lipinski definition) is 0. The number of hydrogen-bond acceptors (Lipinski definition) is 5. The summed E-state index contributed by atoms with van der Waals surface area (Å²) in [6.45, 7) is 4.07. The minimum Gasteiger partial charge on any atom is -0.336 e. The van der Waals surface area contributed by atoms with E-state index in [0.29, 0.717) is 18.2 Å². The molecule has 0 saturated carbocycles. The molecule has 1 aliphatic heterocycles. The van der Waals surface area contributed by atoms with Crippen molar-refractivity contribution in [2.45, 2.75) is 43.7 Å². The van der Waals surface area contributed by atoms with Gasteiger partial charge in [-0.25, -0.2) is 12.8 Å². The zero-order chi connectivity index (χ0) is 18.9. The number of halogens is 2. The Morgan fingerprint density at radius 2 is 1.96 bits per heavy atom. The molecule has 1 saturated heterocycles. The van der Waals surface area contributed by atoms with Crippen LogP contribution in [0.2, 0.25) is 5.02 Å². The van der Waals surface area contributed by atoms with E-state index in [1.807, 2.05) is 13.8 Å². The van der Waals surface area contributed by atoms with Gasteiger partial charge >= 0.3 is 0 Å². The highest BCUT2D eigenvalue weighted by Crippen LogP contribution is 2.38. The van der Waals surface area contributed by atoms with Gasteiger partial charge in [-0.1, -0.05) is 42.7 Å². The zero-order valence-corrected chi connectivity index (χ0v) is 16.2. The summed E-state index contributed by atoms with van der Waals surface area (Å²) in [6.07, 6.45) is 0.520. The lowest BCUT2D eigenvalue weighted by Gasteiger charge is -2.33. The van der Waals surface area contributed by atoms with Crippen LogP contribution in [-0.2, 0) is 22.1 Å². The van der Waals surface area contributed by atoms with Crippen molar-refractivity contribution >= 4 is 21.6 Å². The van der Waals surface area contributed by atoms with Crippen molar-refractivity contribution < 1.29 is 17.3 Å². The van der Waals surface area contributed by atoms with Gasteiger partial charge in [0, 0.05) is 32.4 Å². The van der Waals surface area contributed by atoms with E-state index in [4.69, 9.17) is 16.1 Å². The first-order valence-corrected chi connectivity index (χ1v) is 10.3. The van der Waals surface area contributed by atoms with E-state index in [1.165, 1.54) is 16.4 Å². The average molecular weight is 402 g/mol. The molecule has 0 bridgehead atoms. The summed E-state index contributed by atoms with van der Waals surface area (Å²) >= 11 is 6.01. The first-order chi connectivity index (χ1) is 12.2. The van der Waals surface area contributed by atoms with Crippen LogP contribution in [0.4, 0.5) is 4.39 Å². The lowest BCUT2D eigenvalue weighted by atomic mass is 9.94. The summed E-state index contributed by atoms with van der Waals surface area (Å²) in [5.74, 6) is 0.736. The standard InChI is InChI=1S/C17H21ClFN3O3S/c1-12(2)11-15-20-16(25-21-15)17(19)7-9-22(10-8-17)26(23,24)14-6-4-3-5-13(14)18/h3-6,12H,7-11H2,1-2H3. The molecule has 0 N–H and O–H groups in total. The molecule has 0 amide bonds. The Morgan fingerprint density at radius 3 is 2.58 bits per heavy atom. The van der Waals surface area contributed by atoms with Crippen LogP contribution in [0.25, 0.3) is 0 Å². The van der Waals surface area contributed by atoms with Gasteiger partial charge in [-0.15, -0.1) is 0 Å². The molecule has 1 aromatic heterocycles. The maximum absolute atomic E-state index is 15.3. The Labute approximate surface area is 157 Å². The quantitative estimate of drug-likeness (QED) is 0.765. The monoisotopic (exact) mass is 401 g/mol. The van der Waals surface area contributed by atoms with Crippen molar-refractivity contribution in [2.24, 2.45) is 5.92 Å². The number of sulfonamides is 1. The molecule has 1 aromatic carbocycles. The number of piperidine rings is 1. The summed E-state index contributed by atoms with van der Waals surface area (Å²) in [7, 11) is -3.77. The van der Waals surface area contributed by atoms with Crippen LogP contribution in [0, 0.1) is 5.92 Å². The summed E-state index contributed by atoms with van der Waals surface area (Å²) in [6, 6.07) is 6.24. The van der Waals surface area contributed by atoms with E-state index >= 15 is 4.39 Å². The highest BCUT2D eigenvalue weighted by atomic mass is 35.5. The van der Waals surface area contributed by atoms with Gasteiger partial charge in [-0.3, -0.25) is 0 Å². The predicted octanol–water partition coefficient (Wildman–Crippen LogP) is 3.57. The largest absolute Gasteiger partial charge is 0.336 e. The fourth-order valence-electron chi connectivity index (χ4n) is 2.97. The van der Waals surface area contributed by atoms with Gasteiger partial charge in [-0.2, -0.15) is 9.29 Å². The smallest absolute Gasteiger partial charge is 0.264 e. The number of alkyl halides is 1. The Kier molecular flexibility index (Phi) is 5.37. The maximum Gasteiger partial charge on any atom is 0.264 e. The second kappa shape index (κ2) is 7.25. The number of nitrogens with zero attached hydrogens (tertiary/aromatic N) is 3. The highest BCUT2D eigenvalue weighted by Gasteiger charge is 2.44. The normalized spacial score (nSPS) is 18.3. The van der Waals surface area contributed by atoms with Gasteiger partial charge in [0.2, 0.25) is 10.0 Å². The zero-order valence-electron chi connectivity index (χ0n) is 14.7. The molecule has 2 aromatic rings. The molecule has 6 nitrogen and oxygen atoms in total. The number of aromatic nitrogens is 2. The molecule has 0 unspecified atom stereocenters. The Bertz CT molecular complexity index is 877. The molecule has 3 rings (SSSR count). The van der Waals surface area contributed by atoms with E-state index in [0.717, 1.165) is 0 Å². The van der Waals surface area contributed by atoms with E-state index in [-0.39, 0.29) is 41.7 Å². The summed E-state index contributed by atoms with van der Waals surface area (Å²) < 4.78 is 47.1. The number of benzene rings is 1. The van der Waals surface area contributed by atoms with E-state index in [9.17, 15) is 8.42 Å². The molecule has 0 radical (unpaired) electrons. The summed E-state index contributed by atoms with van der Waals surface area (Å²) in [4.78, 5) is 4.20. The Morgan fingerprint density at radius 1 is 1.31 bits per heavy atom. The minimum absolute atomic E-state index is 0.0198. The molecular formula is C17H21ClFN3O3S. The third-order valence-corrected chi connectivity index (χ3v) is 6.81. The molecule has 0 atom stereocenters. The Hall–Kier alpha value is -1.51. The van der Waals surface area contributed by atoms with Crippen LogP contribution < -0.4 is 0 Å². The van der Waals surface area contributed by atoms with Crippen molar-refractivity contribution in [1.29, 1.82) is 0 Å². The van der Waals surface area contributed by atoms with Crippen LogP contribution in [0.15, 0.2) is 33.7 Å². The second-order valence-electron chi connectivity index (χ2n) is 6.91. The Balaban J connectivity index is 1.74. The van der Waals surface area contributed by atoms with Gasteiger partial charge in [0.1, 0.15) is 4.90 Å². The van der Waals surface area contributed by atoms with Crippen LogP contribution in [-0.4, -0.2) is 36.0 Å². The molecule has 1 aliphatic rings. The third-order valence-electron chi connectivity index (χ3n) is 4.41. The topological polar surface area (TPSA) is 76.3 Å². The summed E-state index contributed by atoms with van der Waals surface area (Å²) in [5.41, 5.74) is -1.81. The van der Waals surface area contributed by atoms with Crippen LogP contribution in [0.5, 0.6) is 0 Å². The van der Waals surface area contributed by atoms with Crippen LogP contribution >= 0.6 is 11.6 Å². The third kappa shape index (κ3) is 3.77. The van der Waals surface area contributed by atoms with Gasteiger partial charge in [0.25, 0.3) is 5.89 Å². The molecular weight excluding hydrogens is 381 g/mol. The highest BCUT2D eigenvalue weighted by molar-refractivity contribution is 7.89. The predicted molar refractivity (Wildman–Crippen MR) is 95.1 cm³/mol. The van der Waals surface area contributed by atoms with Gasteiger partial charge in [0.15, 0.2) is 11.5 Å². The molecule has 142 valence electrons. The van der Waals surface area contributed by atoms with Gasteiger partial charge in [0.05, 0.1) is 5.02 Å². The van der Waals surface area contributed by atoms with Crippen molar-refractivity contribution in [2.75, 3.05) is 13.1 Å². The fraction of sp³-hybridized carbons (Fsp3) is 0.529. The van der Waals surface area contributed by atoms with Crippen LogP contribution in [0.1, 0.15) is 38.4 Å². The van der Waals surface area contributed by atoms with Crippen molar-refractivity contribution in [1.82, 2.24) is 14.4 Å². The van der Waals surface area contributed by atoms with Crippen molar-refractivity contribution in [3.63, 3.8) is 0 Å². The van der Waals surface area contributed by atoms with E-state index < -0.39 is 15.7 Å². The van der Waals surface area contributed by atoms with Crippen molar-refractivity contribution in [3.05, 3.63) is 41.0 Å². The number of rotatable bonds is 5.